The first-order valence-corrected chi connectivity index (χ1v) is 9.20. The summed E-state index contributed by atoms with van der Waals surface area (Å²) in [6.45, 7) is 9.71. The van der Waals surface area contributed by atoms with Gasteiger partial charge in [0.1, 0.15) is 0 Å². The molecule has 1 saturated heterocycles. The molecular weight excluding hydrogens is 369 g/mol. The van der Waals surface area contributed by atoms with Crippen molar-refractivity contribution in [3.63, 3.8) is 0 Å². The molecule has 150 valence electrons. The number of likely N-dealkylation sites (tertiary alicyclic amines) is 1. The zero-order valence-corrected chi connectivity index (χ0v) is 17.9. The summed E-state index contributed by atoms with van der Waals surface area (Å²) < 4.78 is 0. The van der Waals surface area contributed by atoms with E-state index in [0.717, 1.165) is 38.9 Å². The van der Waals surface area contributed by atoms with E-state index in [4.69, 9.17) is 5.73 Å². The quantitative estimate of drug-likeness (QED) is 0.730. The molecule has 1 heterocycles. The van der Waals surface area contributed by atoms with Gasteiger partial charge >= 0.3 is 0 Å². The van der Waals surface area contributed by atoms with Crippen molar-refractivity contribution in [2.75, 3.05) is 19.6 Å². The second-order valence-electron chi connectivity index (χ2n) is 7.91. The van der Waals surface area contributed by atoms with E-state index in [9.17, 15) is 4.79 Å². The van der Waals surface area contributed by atoms with Crippen molar-refractivity contribution in [2.24, 2.45) is 17.6 Å². The molecule has 3 N–H and O–H groups in total. The average molecular weight is 404 g/mol. The van der Waals surface area contributed by atoms with Crippen molar-refractivity contribution in [1.82, 2.24) is 10.2 Å². The summed E-state index contributed by atoms with van der Waals surface area (Å²) in [5, 5.41) is 3.24. The molecule has 2 atom stereocenters. The minimum Gasteiger partial charge on any atom is -0.349 e. The molecule has 1 fully saturated rings. The smallest absolute Gasteiger partial charge is 0.224 e. The van der Waals surface area contributed by atoms with Gasteiger partial charge in [0.2, 0.25) is 5.91 Å². The summed E-state index contributed by atoms with van der Waals surface area (Å²) in [5.74, 6) is 0.752. The second-order valence-corrected chi connectivity index (χ2v) is 7.91. The summed E-state index contributed by atoms with van der Waals surface area (Å²) in [6, 6.07) is 10.5. The fraction of sp³-hybridized carbons (Fsp3) is 0.650. The van der Waals surface area contributed by atoms with Crippen LogP contribution in [0.4, 0.5) is 0 Å². The summed E-state index contributed by atoms with van der Waals surface area (Å²) >= 11 is 0. The lowest BCUT2D eigenvalue weighted by Crippen LogP contribution is -2.55. The Labute approximate surface area is 171 Å². The van der Waals surface area contributed by atoms with Crippen LogP contribution in [-0.2, 0) is 11.3 Å². The maximum atomic E-state index is 12.8. The van der Waals surface area contributed by atoms with Gasteiger partial charge in [-0.2, -0.15) is 0 Å². The Hall–Kier alpha value is -0.810. The molecule has 26 heavy (non-hydrogen) atoms. The van der Waals surface area contributed by atoms with E-state index in [1.54, 1.807) is 0 Å². The molecule has 0 radical (unpaired) electrons. The minimum absolute atomic E-state index is 0. The summed E-state index contributed by atoms with van der Waals surface area (Å²) in [5.41, 5.74) is 6.95. The SMILES string of the molecule is CC(C)CC(C)(CN)NC(=O)C1CCCN(Cc2ccccc2)C1.Cl.Cl. The molecule has 0 saturated carbocycles. The third-order valence-electron chi connectivity index (χ3n) is 4.86. The highest BCUT2D eigenvalue weighted by molar-refractivity contribution is 5.85. The Kier molecular flexibility index (Phi) is 11.4. The van der Waals surface area contributed by atoms with Crippen molar-refractivity contribution < 1.29 is 4.79 Å². The van der Waals surface area contributed by atoms with Crippen LogP contribution in [0.2, 0.25) is 0 Å². The van der Waals surface area contributed by atoms with Crippen LogP contribution in [0.1, 0.15) is 45.6 Å². The largest absolute Gasteiger partial charge is 0.349 e. The molecule has 1 aromatic carbocycles. The lowest BCUT2D eigenvalue weighted by atomic mass is 9.89. The Morgan fingerprint density at radius 3 is 2.54 bits per heavy atom. The van der Waals surface area contributed by atoms with E-state index < -0.39 is 0 Å². The first-order valence-electron chi connectivity index (χ1n) is 9.20. The summed E-state index contributed by atoms with van der Waals surface area (Å²) in [6.07, 6.45) is 2.96. The Morgan fingerprint density at radius 2 is 1.96 bits per heavy atom. The third-order valence-corrected chi connectivity index (χ3v) is 4.86. The van der Waals surface area contributed by atoms with Gasteiger partial charge in [-0.3, -0.25) is 9.69 Å². The predicted octanol–water partition coefficient (Wildman–Crippen LogP) is 3.62. The van der Waals surface area contributed by atoms with Crippen molar-refractivity contribution in [3.8, 4) is 0 Å². The van der Waals surface area contributed by atoms with Crippen molar-refractivity contribution in [3.05, 3.63) is 35.9 Å². The Bertz CT molecular complexity index is 527. The molecule has 1 aliphatic heterocycles. The zero-order valence-electron chi connectivity index (χ0n) is 16.2. The van der Waals surface area contributed by atoms with Gasteiger partial charge in [0.15, 0.2) is 0 Å². The Balaban J connectivity index is 0.00000312. The maximum absolute atomic E-state index is 12.8. The second kappa shape index (κ2) is 11.8. The van der Waals surface area contributed by atoms with Crippen LogP contribution in [-0.4, -0.2) is 36.0 Å². The number of nitrogens with zero attached hydrogens (tertiary/aromatic N) is 1. The zero-order chi connectivity index (χ0) is 17.6. The van der Waals surface area contributed by atoms with E-state index >= 15 is 0 Å². The third kappa shape index (κ3) is 7.83. The lowest BCUT2D eigenvalue weighted by molar-refractivity contribution is -0.128. The van der Waals surface area contributed by atoms with Gasteiger partial charge in [-0.05, 0) is 44.2 Å². The van der Waals surface area contributed by atoms with Crippen LogP contribution < -0.4 is 11.1 Å². The normalized spacial score (nSPS) is 19.8. The van der Waals surface area contributed by atoms with E-state index in [2.05, 4.69) is 55.3 Å². The van der Waals surface area contributed by atoms with Crippen LogP contribution in [0.5, 0.6) is 0 Å². The molecule has 2 rings (SSSR count). The van der Waals surface area contributed by atoms with E-state index in [1.165, 1.54) is 5.56 Å². The number of nitrogens with two attached hydrogens (primary N) is 1. The van der Waals surface area contributed by atoms with E-state index in [-0.39, 0.29) is 42.2 Å². The van der Waals surface area contributed by atoms with Crippen LogP contribution in [0, 0.1) is 11.8 Å². The van der Waals surface area contributed by atoms with Gasteiger partial charge in [-0.15, -0.1) is 24.8 Å². The number of carbonyl (C=O) groups is 1. The molecule has 2 unspecified atom stereocenters. The molecule has 0 spiro atoms. The van der Waals surface area contributed by atoms with Gasteiger partial charge in [0.05, 0.1) is 5.92 Å². The number of rotatable bonds is 7. The molecule has 4 nitrogen and oxygen atoms in total. The van der Waals surface area contributed by atoms with Crippen molar-refractivity contribution >= 4 is 30.7 Å². The van der Waals surface area contributed by atoms with E-state index in [1.807, 2.05) is 6.07 Å². The number of hydrogen-bond acceptors (Lipinski definition) is 3. The number of carbonyl (C=O) groups excluding carboxylic acids is 1. The van der Waals surface area contributed by atoms with Crippen molar-refractivity contribution in [1.29, 1.82) is 0 Å². The topological polar surface area (TPSA) is 58.4 Å². The highest BCUT2D eigenvalue weighted by atomic mass is 35.5. The molecule has 0 bridgehead atoms. The summed E-state index contributed by atoms with van der Waals surface area (Å²) in [7, 11) is 0. The number of hydrogen-bond donors (Lipinski definition) is 2. The Morgan fingerprint density at radius 1 is 1.31 bits per heavy atom. The highest BCUT2D eigenvalue weighted by Crippen LogP contribution is 2.21. The molecule has 6 heteroatoms. The number of piperidine rings is 1. The number of amides is 1. The number of halogens is 2. The minimum atomic E-state index is -0.299. The fourth-order valence-corrected chi connectivity index (χ4v) is 3.74. The molecule has 0 aliphatic carbocycles. The average Bonchev–Trinajstić information content (AvgIpc) is 2.55. The standard InChI is InChI=1S/C20H33N3O.2ClH/c1-16(2)12-20(3,15-21)22-19(24)18-10-7-11-23(14-18)13-17-8-5-4-6-9-17;;/h4-6,8-9,16,18H,7,10-15,21H2,1-3H3,(H,22,24);2*1H. The molecule has 1 amide bonds. The maximum Gasteiger partial charge on any atom is 0.224 e. The predicted molar refractivity (Wildman–Crippen MR) is 114 cm³/mol. The molecule has 1 aliphatic rings. The number of benzene rings is 1. The van der Waals surface area contributed by atoms with E-state index in [0.29, 0.717) is 12.5 Å². The first kappa shape index (κ1) is 25.2. The van der Waals surface area contributed by atoms with Crippen molar-refractivity contribution in [2.45, 2.75) is 52.1 Å². The van der Waals surface area contributed by atoms with Gasteiger partial charge in [0.25, 0.3) is 0 Å². The lowest BCUT2D eigenvalue weighted by Gasteiger charge is -2.36. The highest BCUT2D eigenvalue weighted by Gasteiger charge is 2.31. The van der Waals surface area contributed by atoms with Crippen LogP contribution in [0.15, 0.2) is 30.3 Å². The molecule has 1 aromatic rings. The van der Waals surface area contributed by atoms with Gasteiger partial charge in [-0.1, -0.05) is 44.2 Å². The molecule has 0 aromatic heterocycles. The van der Waals surface area contributed by atoms with Crippen LogP contribution in [0.25, 0.3) is 0 Å². The molecular formula is C20H35Cl2N3O. The monoisotopic (exact) mass is 403 g/mol. The first-order chi connectivity index (χ1) is 11.4. The van der Waals surface area contributed by atoms with Gasteiger partial charge < -0.3 is 11.1 Å². The van der Waals surface area contributed by atoms with Crippen LogP contribution in [0.3, 0.4) is 0 Å². The van der Waals surface area contributed by atoms with Gasteiger partial charge in [-0.25, -0.2) is 0 Å². The number of nitrogens with one attached hydrogen (secondary N) is 1. The fourth-order valence-electron chi connectivity index (χ4n) is 3.74. The van der Waals surface area contributed by atoms with Gasteiger partial charge in [0, 0.05) is 25.2 Å². The van der Waals surface area contributed by atoms with Crippen LogP contribution >= 0.6 is 24.8 Å². The summed E-state index contributed by atoms with van der Waals surface area (Å²) in [4.78, 5) is 15.2.